The van der Waals surface area contributed by atoms with E-state index in [0.29, 0.717) is 5.13 Å². The van der Waals surface area contributed by atoms with E-state index in [-0.39, 0.29) is 12.5 Å². The summed E-state index contributed by atoms with van der Waals surface area (Å²) >= 11 is 1.56. The quantitative estimate of drug-likeness (QED) is 0.919. The number of nitrogens with zero attached hydrogens (tertiary/aromatic N) is 2. The topological polar surface area (TPSA) is 54.5 Å². The Hall–Kier alpha value is -1.76. The number of methoxy groups -OCH3 is 1. The van der Waals surface area contributed by atoms with Crippen LogP contribution in [-0.4, -0.2) is 36.1 Å². The Bertz CT molecular complexity index is 642. The van der Waals surface area contributed by atoms with Gasteiger partial charge >= 0.3 is 0 Å². The lowest BCUT2D eigenvalue weighted by molar-refractivity contribution is -0.119. The van der Waals surface area contributed by atoms with Gasteiger partial charge in [-0.3, -0.25) is 15.0 Å². The molecule has 0 radical (unpaired) electrons. The second kappa shape index (κ2) is 7.00. The van der Waals surface area contributed by atoms with Crippen LogP contribution in [0, 0.1) is 0 Å². The standard InChI is InChI=1S/C16H19N3O2S/c1-21-11-15(20)18-16-17-13-7-8-19(10-14(13)22-16)9-12-5-3-2-4-6-12/h2-6H,7-11H2,1H3,(H,17,18,20). The summed E-state index contributed by atoms with van der Waals surface area (Å²) in [6, 6.07) is 10.5. The van der Waals surface area contributed by atoms with E-state index in [4.69, 9.17) is 4.74 Å². The Labute approximate surface area is 133 Å². The van der Waals surface area contributed by atoms with Crippen molar-refractivity contribution in [3.05, 3.63) is 46.5 Å². The Kier molecular flexibility index (Phi) is 4.82. The van der Waals surface area contributed by atoms with Crippen molar-refractivity contribution in [1.82, 2.24) is 9.88 Å². The summed E-state index contributed by atoms with van der Waals surface area (Å²) in [5.74, 6) is -0.158. The monoisotopic (exact) mass is 317 g/mol. The predicted molar refractivity (Wildman–Crippen MR) is 86.9 cm³/mol. The maximum atomic E-state index is 11.6. The van der Waals surface area contributed by atoms with Crippen molar-refractivity contribution in [2.75, 3.05) is 25.6 Å². The molecule has 5 nitrogen and oxygen atoms in total. The molecule has 1 aromatic carbocycles. The summed E-state index contributed by atoms with van der Waals surface area (Å²) in [6.45, 7) is 2.90. The number of carbonyl (C=O) groups is 1. The number of rotatable bonds is 5. The number of hydrogen-bond donors (Lipinski definition) is 1. The zero-order valence-electron chi connectivity index (χ0n) is 12.5. The van der Waals surface area contributed by atoms with E-state index in [0.717, 1.165) is 31.7 Å². The van der Waals surface area contributed by atoms with Gasteiger partial charge in [0.05, 0.1) is 5.69 Å². The normalized spacial score (nSPS) is 14.6. The van der Waals surface area contributed by atoms with Crippen LogP contribution in [0.4, 0.5) is 5.13 Å². The summed E-state index contributed by atoms with van der Waals surface area (Å²) in [4.78, 5) is 19.7. The highest BCUT2D eigenvalue weighted by Crippen LogP contribution is 2.28. The van der Waals surface area contributed by atoms with Gasteiger partial charge in [0, 0.05) is 38.0 Å². The van der Waals surface area contributed by atoms with E-state index in [1.54, 1.807) is 11.3 Å². The third-order valence-electron chi connectivity index (χ3n) is 3.58. The highest BCUT2D eigenvalue weighted by atomic mass is 32.1. The summed E-state index contributed by atoms with van der Waals surface area (Å²) in [7, 11) is 1.51. The molecule has 1 N–H and O–H groups in total. The first kappa shape index (κ1) is 15.1. The lowest BCUT2D eigenvalue weighted by Crippen LogP contribution is -2.29. The number of anilines is 1. The minimum Gasteiger partial charge on any atom is -0.375 e. The van der Waals surface area contributed by atoms with Crippen LogP contribution in [0.5, 0.6) is 0 Å². The molecule has 3 rings (SSSR count). The van der Waals surface area contributed by atoms with E-state index in [1.165, 1.54) is 17.6 Å². The van der Waals surface area contributed by atoms with Gasteiger partial charge in [0.1, 0.15) is 6.61 Å². The van der Waals surface area contributed by atoms with Crippen LogP contribution in [0.3, 0.4) is 0 Å². The van der Waals surface area contributed by atoms with Crippen molar-refractivity contribution in [1.29, 1.82) is 0 Å². The molecule has 2 aromatic rings. The average Bonchev–Trinajstić information content (AvgIpc) is 2.90. The number of nitrogens with one attached hydrogen (secondary N) is 1. The molecule has 0 fully saturated rings. The molecule has 0 bridgehead atoms. The molecule has 0 saturated carbocycles. The number of carbonyl (C=O) groups excluding carboxylic acids is 1. The SMILES string of the molecule is COCC(=O)Nc1nc2c(s1)CN(Cc1ccccc1)CC2. The maximum Gasteiger partial charge on any atom is 0.252 e. The van der Waals surface area contributed by atoms with Crippen LogP contribution in [0.25, 0.3) is 0 Å². The molecule has 22 heavy (non-hydrogen) atoms. The maximum absolute atomic E-state index is 11.6. The van der Waals surface area contributed by atoms with Crippen LogP contribution >= 0.6 is 11.3 Å². The van der Waals surface area contributed by atoms with Crippen molar-refractivity contribution in [3.63, 3.8) is 0 Å². The molecule has 0 aliphatic carbocycles. The van der Waals surface area contributed by atoms with Crippen LogP contribution in [0.1, 0.15) is 16.1 Å². The molecule has 0 saturated heterocycles. The largest absolute Gasteiger partial charge is 0.375 e. The van der Waals surface area contributed by atoms with Crippen molar-refractivity contribution in [3.8, 4) is 0 Å². The molecular formula is C16H19N3O2S. The lowest BCUT2D eigenvalue weighted by Gasteiger charge is -2.25. The molecule has 1 aliphatic heterocycles. The molecule has 2 heterocycles. The first-order chi connectivity index (χ1) is 10.7. The second-order valence-electron chi connectivity index (χ2n) is 5.32. The molecule has 1 aliphatic rings. The average molecular weight is 317 g/mol. The van der Waals surface area contributed by atoms with Gasteiger partial charge in [-0.15, -0.1) is 11.3 Å². The fourth-order valence-electron chi connectivity index (χ4n) is 2.56. The van der Waals surface area contributed by atoms with E-state index < -0.39 is 0 Å². The zero-order valence-corrected chi connectivity index (χ0v) is 13.4. The molecule has 116 valence electrons. The number of benzene rings is 1. The Balaban J connectivity index is 1.63. The Morgan fingerprint density at radius 3 is 3.00 bits per heavy atom. The van der Waals surface area contributed by atoms with Crippen molar-refractivity contribution >= 4 is 22.4 Å². The molecular weight excluding hydrogens is 298 g/mol. The van der Waals surface area contributed by atoms with Crippen LogP contribution in [0.15, 0.2) is 30.3 Å². The fraction of sp³-hybridized carbons (Fsp3) is 0.375. The minimum absolute atomic E-state index is 0.0599. The van der Waals surface area contributed by atoms with Gasteiger partial charge in [-0.2, -0.15) is 0 Å². The molecule has 0 unspecified atom stereocenters. The molecule has 1 aromatic heterocycles. The molecule has 6 heteroatoms. The van der Waals surface area contributed by atoms with Gasteiger partial charge in [-0.05, 0) is 5.56 Å². The predicted octanol–water partition coefficient (Wildman–Crippen LogP) is 2.29. The first-order valence-electron chi connectivity index (χ1n) is 7.28. The number of aromatic nitrogens is 1. The summed E-state index contributed by atoms with van der Waals surface area (Å²) < 4.78 is 4.82. The van der Waals surface area contributed by atoms with Gasteiger partial charge in [-0.1, -0.05) is 30.3 Å². The van der Waals surface area contributed by atoms with Crippen molar-refractivity contribution < 1.29 is 9.53 Å². The van der Waals surface area contributed by atoms with Gasteiger partial charge in [-0.25, -0.2) is 4.98 Å². The van der Waals surface area contributed by atoms with E-state index in [2.05, 4.69) is 39.5 Å². The minimum atomic E-state index is -0.158. The third-order valence-corrected chi connectivity index (χ3v) is 4.58. The highest BCUT2D eigenvalue weighted by Gasteiger charge is 2.21. The number of amides is 1. The number of thiazole rings is 1. The molecule has 1 amide bonds. The summed E-state index contributed by atoms with van der Waals surface area (Å²) in [5, 5.41) is 3.46. The third kappa shape index (κ3) is 3.71. The first-order valence-corrected chi connectivity index (χ1v) is 8.10. The van der Waals surface area contributed by atoms with Gasteiger partial charge in [0.15, 0.2) is 5.13 Å². The number of fused-ring (bicyclic) bond motifs is 1. The van der Waals surface area contributed by atoms with E-state index in [1.807, 2.05) is 6.07 Å². The summed E-state index contributed by atoms with van der Waals surface area (Å²) in [5.41, 5.74) is 2.44. The van der Waals surface area contributed by atoms with Crippen molar-refractivity contribution in [2.24, 2.45) is 0 Å². The van der Waals surface area contributed by atoms with Crippen LogP contribution < -0.4 is 5.32 Å². The Morgan fingerprint density at radius 2 is 2.23 bits per heavy atom. The van der Waals surface area contributed by atoms with Crippen LogP contribution in [0.2, 0.25) is 0 Å². The molecule has 0 spiro atoms. The highest BCUT2D eigenvalue weighted by molar-refractivity contribution is 7.15. The van der Waals surface area contributed by atoms with Gasteiger partial charge < -0.3 is 4.74 Å². The van der Waals surface area contributed by atoms with Gasteiger partial charge in [0.25, 0.3) is 5.91 Å². The zero-order chi connectivity index (χ0) is 15.4. The van der Waals surface area contributed by atoms with Gasteiger partial charge in [0.2, 0.25) is 0 Å². The van der Waals surface area contributed by atoms with E-state index in [9.17, 15) is 4.79 Å². The molecule has 0 atom stereocenters. The van der Waals surface area contributed by atoms with Crippen molar-refractivity contribution in [2.45, 2.75) is 19.5 Å². The van der Waals surface area contributed by atoms with E-state index >= 15 is 0 Å². The fourth-order valence-corrected chi connectivity index (χ4v) is 3.63. The number of hydrogen-bond acceptors (Lipinski definition) is 5. The summed E-state index contributed by atoms with van der Waals surface area (Å²) in [6.07, 6.45) is 0.929. The Morgan fingerprint density at radius 1 is 1.41 bits per heavy atom. The van der Waals surface area contributed by atoms with Crippen LogP contribution in [-0.2, 0) is 29.0 Å². The smallest absolute Gasteiger partial charge is 0.252 e. The second-order valence-corrected chi connectivity index (χ2v) is 6.40. The number of ether oxygens (including phenoxy) is 1. The lowest BCUT2D eigenvalue weighted by atomic mass is 10.1.